The predicted octanol–water partition coefficient (Wildman–Crippen LogP) is 3.20. The molecule has 1 fully saturated rings. The molecule has 2 unspecified atom stereocenters. The van der Waals surface area contributed by atoms with Gasteiger partial charge in [0.25, 0.3) is 0 Å². The first-order valence-electron chi connectivity index (χ1n) is 10.2. The molecule has 2 atom stereocenters. The normalized spacial score (nSPS) is 17.5. The van der Waals surface area contributed by atoms with Crippen molar-refractivity contribution >= 4 is 35.8 Å². The Morgan fingerprint density at radius 2 is 2.19 bits per heavy atom. The monoisotopic (exact) mass is 543 g/mol. The molecule has 1 aromatic heterocycles. The summed E-state index contributed by atoms with van der Waals surface area (Å²) in [4.78, 5) is 11.1. The molecule has 3 rings (SSSR count). The molecule has 7 nitrogen and oxygen atoms in total. The van der Waals surface area contributed by atoms with Crippen molar-refractivity contribution in [3.8, 4) is 5.75 Å². The van der Waals surface area contributed by atoms with Crippen molar-refractivity contribution in [1.29, 1.82) is 0 Å². The molecule has 2 N–H and O–H groups in total. The lowest BCUT2D eigenvalue weighted by Gasteiger charge is -2.32. The Labute approximate surface area is 200 Å². The molecule has 0 amide bonds. The largest absolute Gasteiger partial charge is 0.489 e. The topological polar surface area (TPSA) is 71.0 Å². The average molecular weight is 543 g/mol. The number of nitrogens with zero attached hydrogens (tertiary/aromatic N) is 3. The maximum Gasteiger partial charge on any atom is 0.191 e. The first kappa shape index (κ1) is 25.1. The van der Waals surface area contributed by atoms with Crippen LogP contribution in [0.15, 0.2) is 47.6 Å². The SMILES string of the molecule is CN=C(NCc1ccc(N2CCOC(C)C2)nc1)NCC(C)Oc1cccc(F)c1.I. The highest BCUT2D eigenvalue weighted by Crippen LogP contribution is 2.15. The van der Waals surface area contributed by atoms with Gasteiger partial charge in [0.1, 0.15) is 23.5 Å². The van der Waals surface area contributed by atoms with Gasteiger partial charge in [-0.1, -0.05) is 12.1 Å². The van der Waals surface area contributed by atoms with E-state index in [0.29, 0.717) is 24.8 Å². The number of benzene rings is 1. The van der Waals surface area contributed by atoms with Crippen LogP contribution < -0.4 is 20.3 Å². The highest BCUT2D eigenvalue weighted by Gasteiger charge is 2.17. The van der Waals surface area contributed by atoms with Gasteiger partial charge in [-0.2, -0.15) is 0 Å². The second kappa shape index (κ2) is 12.7. The van der Waals surface area contributed by atoms with Gasteiger partial charge in [-0.25, -0.2) is 9.37 Å². The number of hydrogen-bond donors (Lipinski definition) is 2. The summed E-state index contributed by atoms with van der Waals surface area (Å²) in [5, 5.41) is 6.49. The summed E-state index contributed by atoms with van der Waals surface area (Å²) >= 11 is 0. The number of morpholine rings is 1. The van der Waals surface area contributed by atoms with Crippen molar-refractivity contribution in [2.75, 3.05) is 38.2 Å². The highest BCUT2D eigenvalue weighted by molar-refractivity contribution is 14.0. The van der Waals surface area contributed by atoms with Crippen molar-refractivity contribution < 1.29 is 13.9 Å². The highest BCUT2D eigenvalue weighted by atomic mass is 127. The number of pyridine rings is 1. The summed E-state index contributed by atoms with van der Waals surface area (Å²) < 4.78 is 24.6. The Morgan fingerprint density at radius 1 is 1.35 bits per heavy atom. The Kier molecular flexibility index (Phi) is 10.3. The van der Waals surface area contributed by atoms with Gasteiger partial charge in [-0.3, -0.25) is 4.99 Å². The van der Waals surface area contributed by atoms with Gasteiger partial charge >= 0.3 is 0 Å². The van der Waals surface area contributed by atoms with E-state index in [2.05, 4.69) is 38.5 Å². The van der Waals surface area contributed by atoms with E-state index in [4.69, 9.17) is 9.47 Å². The molecule has 1 aliphatic heterocycles. The summed E-state index contributed by atoms with van der Waals surface area (Å²) in [7, 11) is 1.72. The molecule has 2 aromatic rings. The number of rotatable bonds is 7. The van der Waals surface area contributed by atoms with E-state index in [1.807, 2.05) is 19.2 Å². The van der Waals surface area contributed by atoms with E-state index in [9.17, 15) is 4.39 Å². The Balaban J connectivity index is 0.00000341. The minimum atomic E-state index is -0.312. The number of aliphatic imine (C=N–C) groups is 1. The number of ether oxygens (including phenoxy) is 2. The molecule has 1 aliphatic rings. The number of guanidine groups is 1. The lowest BCUT2D eigenvalue weighted by molar-refractivity contribution is 0.0529. The fourth-order valence-electron chi connectivity index (χ4n) is 3.20. The van der Waals surface area contributed by atoms with Gasteiger partial charge < -0.3 is 25.0 Å². The van der Waals surface area contributed by atoms with Crippen LogP contribution in [0.5, 0.6) is 5.75 Å². The van der Waals surface area contributed by atoms with Gasteiger partial charge in [0, 0.05) is 38.9 Å². The molecule has 1 aromatic carbocycles. The summed E-state index contributed by atoms with van der Waals surface area (Å²) in [6.45, 7) is 7.58. The molecule has 170 valence electrons. The molecule has 0 saturated carbocycles. The molecule has 31 heavy (non-hydrogen) atoms. The zero-order valence-corrected chi connectivity index (χ0v) is 20.5. The first-order valence-corrected chi connectivity index (χ1v) is 10.2. The number of nitrogens with one attached hydrogen (secondary N) is 2. The Hall–Kier alpha value is -2.14. The Morgan fingerprint density at radius 3 is 2.87 bits per heavy atom. The van der Waals surface area contributed by atoms with Crippen LogP contribution in [-0.2, 0) is 11.3 Å². The second-order valence-corrected chi connectivity index (χ2v) is 7.34. The van der Waals surface area contributed by atoms with Crippen LogP contribution in [0, 0.1) is 5.82 Å². The smallest absolute Gasteiger partial charge is 0.191 e. The standard InChI is InChI=1S/C22H30FN5O2.HI/c1-16(30-20-6-4-5-19(23)11-20)12-26-22(24-3)27-14-18-7-8-21(25-13-18)28-9-10-29-17(2)15-28;/h4-8,11,13,16-17H,9-10,12,14-15H2,1-3H3,(H2,24,26,27);1H. The van der Waals surface area contributed by atoms with Crippen LogP contribution in [0.3, 0.4) is 0 Å². The van der Waals surface area contributed by atoms with Crippen molar-refractivity contribution in [3.63, 3.8) is 0 Å². The maximum absolute atomic E-state index is 13.3. The predicted molar refractivity (Wildman–Crippen MR) is 132 cm³/mol. The van der Waals surface area contributed by atoms with E-state index < -0.39 is 0 Å². The zero-order chi connectivity index (χ0) is 21.3. The van der Waals surface area contributed by atoms with Gasteiger partial charge in [-0.05, 0) is 37.6 Å². The average Bonchev–Trinajstić information content (AvgIpc) is 2.74. The van der Waals surface area contributed by atoms with Crippen molar-refractivity contribution in [2.45, 2.75) is 32.6 Å². The second-order valence-electron chi connectivity index (χ2n) is 7.34. The van der Waals surface area contributed by atoms with Crippen molar-refractivity contribution in [3.05, 3.63) is 54.0 Å². The maximum atomic E-state index is 13.3. The summed E-state index contributed by atoms with van der Waals surface area (Å²) in [5.41, 5.74) is 1.06. The number of halogens is 2. The fourth-order valence-corrected chi connectivity index (χ4v) is 3.20. The molecule has 9 heteroatoms. The van der Waals surface area contributed by atoms with Gasteiger partial charge in [0.05, 0.1) is 19.3 Å². The van der Waals surface area contributed by atoms with Gasteiger partial charge in [0.15, 0.2) is 5.96 Å². The van der Waals surface area contributed by atoms with E-state index in [1.165, 1.54) is 12.1 Å². The fraction of sp³-hybridized carbons (Fsp3) is 0.455. The first-order chi connectivity index (χ1) is 14.5. The Bertz CT molecular complexity index is 837. The minimum Gasteiger partial charge on any atom is -0.489 e. The minimum absolute atomic E-state index is 0. The van der Waals surface area contributed by atoms with Crippen LogP contribution in [0.1, 0.15) is 19.4 Å². The van der Waals surface area contributed by atoms with Crippen LogP contribution in [-0.4, -0.2) is 56.4 Å². The van der Waals surface area contributed by atoms with Crippen LogP contribution in [0.2, 0.25) is 0 Å². The van der Waals surface area contributed by atoms with Crippen molar-refractivity contribution in [1.82, 2.24) is 15.6 Å². The number of anilines is 1. The van der Waals surface area contributed by atoms with E-state index in [1.54, 1.807) is 19.2 Å². The molecule has 2 heterocycles. The quantitative estimate of drug-likeness (QED) is 0.318. The molecule has 0 aliphatic carbocycles. The molecule has 0 bridgehead atoms. The van der Waals surface area contributed by atoms with Crippen LogP contribution in [0.4, 0.5) is 10.2 Å². The summed E-state index contributed by atoms with van der Waals surface area (Å²) in [6.07, 6.45) is 1.96. The number of aromatic nitrogens is 1. The van der Waals surface area contributed by atoms with Crippen LogP contribution >= 0.6 is 24.0 Å². The van der Waals surface area contributed by atoms with Crippen molar-refractivity contribution in [2.24, 2.45) is 4.99 Å². The summed E-state index contributed by atoms with van der Waals surface area (Å²) in [5.74, 6) is 1.83. The lowest BCUT2D eigenvalue weighted by Crippen LogP contribution is -2.42. The molecular formula is C22H31FIN5O2. The third-order valence-corrected chi connectivity index (χ3v) is 4.75. The molecular weight excluding hydrogens is 512 g/mol. The molecule has 0 spiro atoms. The van der Waals surface area contributed by atoms with Gasteiger partial charge in [-0.15, -0.1) is 24.0 Å². The zero-order valence-electron chi connectivity index (χ0n) is 18.2. The molecule has 0 radical (unpaired) electrons. The number of hydrogen-bond acceptors (Lipinski definition) is 5. The van der Waals surface area contributed by atoms with E-state index in [0.717, 1.165) is 31.1 Å². The molecule has 1 saturated heterocycles. The third-order valence-electron chi connectivity index (χ3n) is 4.75. The lowest BCUT2D eigenvalue weighted by atomic mass is 10.2. The van der Waals surface area contributed by atoms with Crippen LogP contribution in [0.25, 0.3) is 0 Å². The summed E-state index contributed by atoms with van der Waals surface area (Å²) in [6, 6.07) is 10.2. The van der Waals surface area contributed by atoms with Gasteiger partial charge in [0.2, 0.25) is 0 Å². The third kappa shape index (κ3) is 8.13. The van der Waals surface area contributed by atoms with E-state index >= 15 is 0 Å². The van der Waals surface area contributed by atoms with E-state index in [-0.39, 0.29) is 42.0 Å².